The SMILES string of the molecule is C[NH+](CC(=O)NCCc1ccccc1)CC(=O)NC(C)(C)C. The molecule has 0 saturated heterocycles. The number of benzene rings is 1. The number of hydrogen-bond donors (Lipinski definition) is 3. The van der Waals surface area contributed by atoms with Gasteiger partial charge in [0, 0.05) is 12.1 Å². The van der Waals surface area contributed by atoms with Gasteiger partial charge in [0.05, 0.1) is 7.05 Å². The van der Waals surface area contributed by atoms with Crippen LogP contribution in [0.25, 0.3) is 0 Å². The summed E-state index contributed by atoms with van der Waals surface area (Å²) in [7, 11) is 1.85. The lowest BCUT2D eigenvalue weighted by Gasteiger charge is -2.21. The number of rotatable bonds is 7. The van der Waals surface area contributed by atoms with Crippen molar-refractivity contribution in [1.82, 2.24) is 10.6 Å². The lowest BCUT2D eigenvalue weighted by molar-refractivity contribution is -0.862. The van der Waals surface area contributed by atoms with Crippen LogP contribution in [0.4, 0.5) is 0 Å². The summed E-state index contributed by atoms with van der Waals surface area (Å²) in [6, 6.07) is 10.0. The van der Waals surface area contributed by atoms with Gasteiger partial charge >= 0.3 is 0 Å². The van der Waals surface area contributed by atoms with Gasteiger partial charge in [-0.2, -0.15) is 0 Å². The van der Waals surface area contributed by atoms with Crippen molar-refractivity contribution in [3.63, 3.8) is 0 Å². The average molecular weight is 306 g/mol. The summed E-state index contributed by atoms with van der Waals surface area (Å²) in [6.45, 7) is 7.03. The van der Waals surface area contributed by atoms with E-state index in [4.69, 9.17) is 0 Å². The Kier molecular flexibility index (Phi) is 7.05. The van der Waals surface area contributed by atoms with Crippen LogP contribution in [0.1, 0.15) is 26.3 Å². The predicted octanol–water partition coefficient (Wildman–Crippen LogP) is -0.225. The Morgan fingerprint density at radius 1 is 1.05 bits per heavy atom. The summed E-state index contributed by atoms with van der Waals surface area (Å²) in [5.41, 5.74) is 0.961. The normalized spacial score (nSPS) is 12.5. The third kappa shape index (κ3) is 8.42. The molecule has 0 fully saturated rings. The molecule has 0 aliphatic heterocycles. The molecule has 0 spiro atoms. The van der Waals surface area contributed by atoms with Gasteiger partial charge in [-0.05, 0) is 32.8 Å². The second-order valence-corrected chi connectivity index (χ2v) is 6.69. The van der Waals surface area contributed by atoms with E-state index in [-0.39, 0.29) is 17.4 Å². The quantitative estimate of drug-likeness (QED) is 0.652. The van der Waals surface area contributed by atoms with E-state index in [1.807, 2.05) is 58.2 Å². The van der Waals surface area contributed by atoms with Gasteiger partial charge in [-0.15, -0.1) is 0 Å². The van der Waals surface area contributed by atoms with Gasteiger partial charge < -0.3 is 15.5 Å². The van der Waals surface area contributed by atoms with Crippen LogP contribution < -0.4 is 15.5 Å². The van der Waals surface area contributed by atoms with Crippen molar-refractivity contribution in [2.75, 3.05) is 26.7 Å². The Morgan fingerprint density at radius 2 is 1.64 bits per heavy atom. The minimum Gasteiger partial charge on any atom is -0.351 e. The highest BCUT2D eigenvalue weighted by molar-refractivity contribution is 5.79. The van der Waals surface area contributed by atoms with E-state index in [1.54, 1.807) is 0 Å². The van der Waals surface area contributed by atoms with E-state index in [9.17, 15) is 9.59 Å². The van der Waals surface area contributed by atoms with Gasteiger partial charge in [0.25, 0.3) is 11.8 Å². The summed E-state index contributed by atoms with van der Waals surface area (Å²) in [6.07, 6.45) is 0.816. The lowest BCUT2D eigenvalue weighted by atomic mass is 10.1. The number of carbonyl (C=O) groups excluding carboxylic acids is 2. The highest BCUT2D eigenvalue weighted by atomic mass is 16.2. The molecular weight excluding hydrogens is 278 g/mol. The molecule has 0 saturated carbocycles. The molecule has 5 nitrogen and oxygen atoms in total. The highest BCUT2D eigenvalue weighted by Crippen LogP contribution is 1.98. The molecule has 1 unspecified atom stereocenters. The van der Waals surface area contributed by atoms with E-state index >= 15 is 0 Å². The molecule has 5 heteroatoms. The van der Waals surface area contributed by atoms with Crippen molar-refractivity contribution in [1.29, 1.82) is 0 Å². The fourth-order valence-corrected chi connectivity index (χ4v) is 2.13. The molecule has 22 heavy (non-hydrogen) atoms. The van der Waals surface area contributed by atoms with Crippen molar-refractivity contribution in [3.8, 4) is 0 Å². The molecule has 3 N–H and O–H groups in total. The van der Waals surface area contributed by atoms with E-state index in [0.717, 1.165) is 11.3 Å². The fraction of sp³-hybridized carbons (Fsp3) is 0.529. The largest absolute Gasteiger partial charge is 0.351 e. The Balaban J connectivity index is 2.22. The fourth-order valence-electron chi connectivity index (χ4n) is 2.13. The molecule has 0 heterocycles. The molecule has 0 radical (unpaired) electrons. The number of nitrogens with one attached hydrogen (secondary N) is 3. The topological polar surface area (TPSA) is 62.6 Å². The van der Waals surface area contributed by atoms with E-state index < -0.39 is 0 Å². The molecule has 122 valence electrons. The van der Waals surface area contributed by atoms with Crippen LogP contribution in [0.3, 0.4) is 0 Å². The van der Waals surface area contributed by atoms with Gasteiger partial charge in [-0.1, -0.05) is 30.3 Å². The molecule has 2 amide bonds. The highest BCUT2D eigenvalue weighted by Gasteiger charge is 2.18. The zero-order valence-electron chi connectivity index (χ0n) is 14.0. The van der Waals surface area contributed by atoms with Gasteiger partial charge in [-0.25, -0.2) is 0 Å². The molecular formula is C17H28N3O2+. The maximum Gasteiger partial charge on any atom is 0.275 e. The third-order valence-corrected chi connectivity index (χ3v) is 3.02. The Morgan fingerprint density at radius 3 is 2.23 bits per heavy atom. The van der Waals surface area contributed by atoms with Crippen LogP contribution in [-0.2, 0) is 16.0 Å². The predicted molar refractivity (Wildman–Crippen MR) is 87.7 cm³/mol. The van der Waals surface area contributed by atoms with Gasteiger partial charge in [0.1, 0.15) is 0 Å². The van der Waals surface area contributed by atoms with Crippen LogP contribution >= 0.6 is 0 Å². The summed E-state index contributed by atoms with van der Waals surface area (Å²) >= 11 is 0. The number of quaternary nitrogens is 1. The number of likely N-dealkylation sites (N-methyl/N-ethyl adjacent to an activating group) is 1. The summed E-state index contributed by atoms with van der Waals surface area (Å²) in [4.78, 5) is 24.5. The first-order chi connectivity index (χ1) is 10.3. The minimum atomic E-state index is -0.241. The van der Waals surface area contributed by atoms with Crippen LogP contribution in [0.15, 0.2) is 30.3 Å². The first-order valence-corrected chi connectivity index (χ1v) is 7.69. The zero-order chi connectivity index (χ0) is 16.6. The first-order valence-electron chi connectivity index (χ1n) is 7.69. The summed E-state index contributed by atoms with van der Waals surface area (Å²) in [5, 5.41) is 5.79. The maximum atomic E-state index is 11.8. The van der Waals surface area contributed by atoms with Crippen LogP contribution in [-0.4, -0.2) is 44.0 Å². The Hall–Kier alpha value is -1.88. The Labute approximate surface area is 133 Å². The average Bonchev–Trinajstić information content (AvgIpc) is 2.37. The molecule has 1 atom stereocenters. The molecule has 1 rings (SSSR count). The second-order valence-electron chi connectivity index (χ2n) is 6.69. The Bertz CT molecular complexity index is 480. The lowest BCUT2D eigenvalue weighted by Crippen LogP contribution is -3.11. The van der Waals surface area contributed by atoms with E-state index in [0.29, 0.717) is 19.6 Å². The number of amides is 2. The van der Waals surface area contributed by atoms with Crippen LogP contribution in [0.2, 0.25) is 0 Å². The third-order valence-electron chi connectivity index (χ3n) is 3.02. The van der Waals surface area contributed by atoms with Gasteiger partial charge in [0.2, 0.25) is 0 Å². The monoisotopic (exact) mass is 306 g/mol. The van der Waals surface area contributed by atoms with E-state index in [1.165, 1.54) is 5.56 Å². The van der Waals surface area contributed by atoms with Crippen molar-refractivity contribution in [3.05, 3.63) is 35.9 Å². The molecule has 0 bridgehead atoms. The second kappa shape index (κ2) is 8.54. The smallest absolute Gasteiger partial charge is 0.275 e. The molecule has 1 aromatic carbocycles. The minimum absolute atomic E-state index is 0.0306. The maximum absolute atomic E-state index is 11.8. The zero-order valence-corrected chi connectivity index (χ0v) is 14.0. The van der Waals surface area contributed by atoms with Crippen molar-refractivity contribution >= 4 is 11.8 Å². The van der Waals surface area contributed by atoms with Gasteiger partial charge in [0.15, 0.2) is 13.1 Å². The van der Waals surface area contributed by atoms with Crippen molar-refractivity contribution in [2.24, 2.45) is 0 Å². The first kappa shape index (κ1) is 18.2. The van der Waals surface area contributed by atoms with Gasteiger partial charge in [-0.3, -0.25) is 9.59 Å². The van der Waals surface area contributed by atoms with Crippen molar-refractivity contribution in [2.45, 2.75) is 32.7 Å². The summed E-state index contributed by atoms with van der Waals surface area (Å²) in [5.74, 6) is -0.0703. The number of carbonyl (C=O) groups is 2. The van der Waals surface area contributed by atoms with Crippen molar-refractivity contribution < 1.29 is 14.5 Å². The molecule has 0 aliphatic carbocycles. The van der Waals surface area contributed by atoms with E-state index in [2.05, 4.69) is 10.6 Å². The van der Waals surface area contributed by atoms with Crippen LogP contribution in [0.5, 0.6) is 0 Å². The molecule has 1 aromatic rings. The molecule has 0 aliphatic rings. The standard InChI is InChI=1S/C17H27N3O2/c1-17(2,3)19-16(22)13-20(4)12-15(21)18-11-10-14-8-6-5-7-9-14/h5-9H,10-13H2,1-4H3,(H,18,21)(H,19,22)/p+1. The summed E-state index contributed by atoms with van der Waals surface area (Å²) < 4.78 is 0. The molecule has 0 aromatic heterocycles. The van der Waals surface area contributed by atoms with Crippen LogP contribution in [0, 0.1) is 0 Å². The number of hydrogen-bond acceptors (Lipinski definition) is 2.